The van der Waals surface area contributed by atoms with E-state index in [1.807, 2.05) is 402 Å². The second-order valence-electron chi connectivity index (χ2n) is 27.1. The molecule has 36 nitrogen and oxygen atoms in total. The summed E-state index contributed by atoms with van der Waals surface area (Å²) < 4.78 is 420. The van der Waals surface area contributed by atoms with Crippen LogP contribution in [0.15, 0.2) is 72.8 Å². The molecule has 0 amide bonds. The summed E-state index contributed by atoms with van der Waals surface area (Å²) in [5.41, 5.74) is -34.3. The molecular formula is C72H54F18I18N6O30S6-6. The van der Waals surface area contributed by atoms with Gasteiger partial charge in [-0.1, -0.05) is 100 Å². The Morgan fingerprint density at radius 1 is 0.333 bits per heavy atom. The lowest BCUT2D eigenvalue weighted by atomic mass is 10.1. The molecule has 6 rings (SSSR count). The largest absolute Gasteiger partial charge is 0.538 e. The Morgan fingerprint density at radius 3 is 0.893 bits per heavy atom. The van der Waals surface area contributed by atoms with Crippen LogP contribution in [0.1, 0.15) is 103 Å². The zero-order chi connectivity index (χ0) is 117. The van der Waals surface area contributed by atoms with Gasteiger partial charge < -0.3 is 71.0 Å². The van der Waals surface area contributed by atoms with E-state index in [-0.39, 0.29) is 61.5 Å². The third-order valence-corrected chi connectivity index (χ3v) is 38.6. The zero-order valence-electron chi connectivity index (χ0n) is 73.1. The van der Waals surface area contributed by atoms with Gasteiger partial charge >= 0.3 is 86.8 Å². The highest BCUT2D eigenvalue weighted by Crippen LogP contribution is 2.40. The molecule has 0 aliphatic carbocycles. The van der Waals surface area contributed by atoms with Crippen LogP contribution < -0.4 is 14.2 Å². The molecule has 0 fully saturated rings. The van der Waals surface area contributed by atoms with Crippen LogP contribution in [0.4, 0.5) is 79.0 Å². The molecule has 0 N–H and O–H groups in total. The monoisotopic (exact) mass is 4300 g/mol. The van der Waals surface area contributed by atoms with E-state index in [9.17, 15) is 173 Å². The van der Waals surface area contributed by atoms with E-state index in [4.69, 9.17) is 42.6 Å². The van der Waals surface area contributed by atoms with Gasteiger partial charge in [0.15, 0.2) is 77.4 Å². The molecule has 3 atom stereocenters. The topological polar surface area (TPSA) is 526 Å². The summed E-state index contributed by atoms with van der Waals surface area (Å²) in [6, 6.07) is 17.9. The molecule has 78 heteroatoms. The maximum Gasteiger partial charge on any atom is 0.480 e. The van der Waals surface area contributed by atoms with Crippen LogP contribution in [0.25, 0.3) is 28.3 Å². The lowest BCUT2D eigenvalue weighted by Gasteiger charge is -2.38. The molecule has 0 radical (unpaired) electrons. The Bertz CT molecular complexity index is 6620. The van der Waals surface area contributed by atoms with Crippen LogP contribution >= 0.6 is 407 Å². The average Bonchev–Trinajstić information content (AvgIpc) is 0.836. The predicted octanol–water partition coefficient (Wildman–Crippen LogP) is 24.8. The molecule has 846 valence electrons. The number of esters is 9. The quantitative estimate of drug-likeness (QED) is 0.00511. The second-order valence-corrected chi connectivity index (χ2v) is 58.4. The molecule has 0 heterocycles. The van der Waals surface area contributed by atoms with Crippen molar-refractivity contribution in [3.63, 3.8) is 0 Å². The van der Waals surface area contributed by atoms with E-state index in [1.165, 1.54) is 25.1 Å². The summed E-state index contributed by atoms with van der Waals surface area (Å²) in [5, 5.41) is 0. The van der Waals surface area contributed by atoms with Crippen molar-refractivity contribution in [2.45, 2.75) is 95.7 Å². The predicted molar refractivity (Wildman–Crippen MR) is 651 cm³/mol. The van der Waals surface area contributed by atoms with Crippen molar-refractivity contribution in [1.82, 2.24) is 0 Å². The fraction of sp³-hybridized carbons (Fsp3) is 0.375. The van der Waals surface area contributed by atoms with E-state index < -0.39 is 228 Å². The summed E-state index contributed by atoms with van der Waals surface area (Å²) >= 11 is 34.9. The standard InChI is InChI=1S/2C13H10F3I3NO6S.C12H8F3I3NO6S.C12H10F3I3NO4S.2C11H8F3I3NO4S/c1-6(17)11(21)26-10-8(4-7(18)5-9(10)19)12(22)25-3-2-20-27(23,24)13(14,15)16;14-13(15,16)27(23,24)20-3-4-25-12(22)8-5-7(18)6-9(19)11(8)26-10(21)1-2-17;13-12(14,15)26(22,23)19-1-2-24-11(21)7-3-6(17)4-8(18)10(7)25-9(20)5-16;1-11(2,19-24(21,22)12(13,14)15)5-23-10(20)7-3-6(16)4-8(17)9(7)18;1-5(18-23(20,21)11(12,13)14)4-22-10(19)7-2-6(15)3-8(16)9(7)17;1-5(4-18-23(20,21)11(12,13)14)22-10(19)7-2-6(15)3-8(16)9(7)17/h4-6H,2-3H2,1H3;5-6H,1-4H2;3-4H,1-2,5H2;3-4H,5H2,1-2H3;2*2-3,5H,4H2,1H3/q6*-1. The Morgan fingerprint density at radius 2 is 0.600 bits per heavy atom. The number of hydrogen-bond acceptors (Lipinski definition) is 30. The maximum atomic E-state index is 12.4. The molecule has 0 aromatic heterocycles. The summed E-state index contributed by atoms with van der Waals surface area (Å²) in [6.07, 6.45) is -1.00. The molecule has 150 heavy (non-hydrogen) atoms. The number of rotatable bonds is 37. The Hall–Kier alpha value is 1.89. The highest BCUT2D eigenvalue weighted by molar-refractivity contribution is 14.1. The molecule has 0 saturated carbocycles. The fourth-order valence-corrected chi connectivity index (χ4v) is 25.5. The summed E-state index contributed by atoms with van der Waals surface area (Å²) in [6.45, 7) is -0.539. The highest BCUT2D eigenvalue weighted by atomic mass is 127. The number of nitrogens with zero attached hydrogens (tertiary/aromatic N) is 6. The van der Waals surface area contributed by atoms with Crippen molar-refractivity contribution in [2.24, 2.45) is 0 Å². The highest BCUT2D eigenvalue weighted by Gasteiger charge is 2.44. The van der Waals surface area contributed by atoms with Gasteiger partial charge in [0.25, 0.3) is 0 Å². The first-order chi connectivity index (χ1) is 67.9. The fourth-order valence-electron chi connectivity index (χ4n) is 8.35. The molecule has 0 aliphatic rings. The molecule has 0 bridgehead atoms. The van der Waals surface area contributed by atoms with E-state index in [0.717, 1.165) is 42.2 Å². The van der Waals surface area contributed by atoms with Crippen LogP contribution in [-0.4, -0.2) is 227 Å². The molecule has 0 aliphatic heterocycles. The number of sulfonamides is 6. The van der Waals surface area contributed by atoms with Crippen molar-refractivity contribution in [2.75, 3.05) is 68.1 Å². The number of hydrogen-bond donors (Lipinski definition) is 0. The Labute approximate surface area is 1090 Å². The van der Waals surface area contributed by atoms with E-state index in [0.29, 0.717) is 36.6 Å². The normalized spacial score (nSPS) is 12.9. The van der Waals surface area contributed by atoms with Crippen LogP contribution in [0, 0.1) is 53.6 Å². The van der Waals surface area contributed by atoms with Gasteiger partial charge in [-0.25, -0.2) is 79.3 Å². The van der Waals surface area contributed by atoms with Gasteiger partial charge in [0, 0.05) is 47.3 Å². The first kappa shape index (κ1) is 150. The minimum atomic E-state index is -5.66. The van der Waals surface area contributed by atoms with Gasteiger partial charge in [-0.05, 0) is 426 Å². The zero-order valence-corrected chi connectivity index (χ0v) is 117. The Kier molecular flexibility index (Phi) is 65.8. The minimum Gasteiger partial charge on any atom is -0.538 e. The number of ether oxygens (including phenoxy) is 9. The van der Waals surface area contributed by atoms with E-state index in [1.54, 1.807) is 65.9 Å². The van der Waals surface area contributed by atoms with Crippen LogP contribution in [0.5, 0.6) is 17.2 Å². The summed E-state index contributed by atoms with van der Waals surface area (Å²) in [4.78, 5) is 108. The van der Waals surface area contributed by atoms with Crippen molar-refractivity contribution in [3.05, 3.63) is 188 Å². The van der Waals surface area contributed by atoms with Crippen LogP contribution in [0.3, 0.4) is 0 Å². The van der Waals surface area contributed by atoms with Gasteiger partial charge in [0.05, 0.1) is 77.4 Å². The van der Waals surface area contributed by atoms with Crippen molar-refractivity contribution < 1.29 is 215 Å². The molecular weight excluding hydrogens is 4250 g/mol. The van der Waals surface area contributed by atoms with Gasteiger partial charge in [-0.3, -0.25) is 14.4 Å². The first-order valence-corrected chi connectivity index (χ1v) is 66.5. The first-order valence-electron chi connectivity index (χ1n) is 37.3. The maximum absolute atomic E-state index is 12.4. The van der Waals surface area contributed by atoms with Crippen molar-refractivity contribution in [3.8, 4) is 17.2 Å². The molecule has 6 aromatic carbocycles. The van der Waals surface area contributed by atoms with Crippen molar-refractivity contribution in [1.29, 1.82) is 0 Å². The second kappa shape index (κ2) is 65.9. The molecule has 0 saturated heterocycles. The molecule has 3 unspecified atom stereocenters. The smallest absolute Gasteiger partial charge is 0.480 e. The number of halogens is 36. The van der Waals surface area contributed by atoms with E-state index in [2.05, 4.69) is 28.3 Å². The van der Waals surface area contributed by atoms with E-state index >= 15 is 0 Å². The van der Waals surface area contributed by atoms with Gasteiger partial charge in [-0.2, -0.15) is 79.0 Å². The third-order valence-electron chi connectivity index (χ3n) is 14.7. The van der Waals surface area contributed by atoms with Gasteiger partial charge in [0.2, 0.25) is 0 Å². The minimum absolute atomic E-state index is 0.0303. The number of alkyl halides is 21. The number of benzene rings is 6. The van der Waals surface area contributed by atoms with Gasteiger partial charge in [0.1, 0.15) is 20.6 Å². The summed E-state index contributed by atoms with van der Waals surface area (Å²) in [5.74, 6) is -7.12. The average molecular weight is 4300 g/mol. The lowest BCUT2D eigenvalue weighted by Crippen LogP contribution is -2.34. The molecule has 0 spiro atoms. The summed E-state index contributed by atoms with van der Waals surface area (Å²) in [7, 11) is -33.8. The SMILES string of the molecule is CC(C)(COC(=O)c1cc(I)cc(I)c1I)[N-]S(=O)(=O)C(F)(F)F.CC(COC(=O)c1cc(I)cc(I)c1I)[N-]S(=O)(=O)C(F)(F)F.CC(C[N-]S(=O)(=O)C(F)(F)F)OC(=O)c1cc(I)cc(I)c1I.CC(I)C(=O)Oc1c(I)cc(I)cc1C(=O)OCC[N-]S(=O)(=O)C(F)(F)F.O=C(CCI)Oc1c(I)cc(I)cc1C(=O)OCC[N-]S(=O)(=O)C(F)(F)F.O=C(CI)Oc1c(I)cc(I)cc1C(=O)OCC[N-]S(=O)(=O)C(F)(F)F. The van der Waals surface area contributed by atoms with Gasteiger partial charge in [-0.15, -0.1) is 26.2 Å². The number of carbonyl (C=O) groups is 9. The third kappa shape index (κ3) is 52.0. The number of carbonyl (C=O) groups excluding carboxylic acids is 9. The van der Waals surface area contributed by atoms with Crippen LogP contribution in [0.2, 0.25) is 0 Å². The molecule has 6 aromatic rings. The van der Waals surface area contributed by atoms with Crippen molar-refractivity contribution >= 4 is 520 Å². The Balaban J connectivity index is 0.000000901. The van der Waals surface area contributed by atoms with Crippen LogP contribution in [-0.2, 0) is 103 Å². The lowest BCUT2D eigenvalue weighted by molar-refractivity contribution is -0.134.